The van der Waals surface area contributed by atoms with Crippen molar-refractivity contribution >= 4 is 11.4 Å². The molecule has 2 rings (SSSR count). The maximum atomic E-state index is 11.3. The summed E-state index contributed by atoms with van der Waals surface area (Å²) >= 11 is 0. The molecule has 0 radical (unpaired) electrons. The predicted molar refractivity (Wildman–Crippen MR) is 50.5 cm³/mol. The van der Waals surface area contributed by atoms with Crippen LogP contribution >= 0.6 is 0 Å². The second-order valence-electron chi connectivity index (χ2n) is 3.26. The Hall–Kier alpha value is -1.98. The minimum absolute atomic E-state index is 0.102. The van der Waals surface area contributed by atoms with Crippen LogP contribution in [0.5, 0.6) is 0 Å². The van der Waals surface area contributed by atoms with Gasteiger partial charge in [-0.2, -0.15) is 0 Å². The number of rotatable bonds is 2. The van der Waals surface area contributed by atoms with Gasteiger partial charge in [-0.1, -0.05) is 6.92 Å². The van der Waals surface area contributed by atoms with Crippen LogP contribution in [0.15, 0.2) is 18.2 Å². The lowest BCUT2D eigenvalue weighted by molar-refractivity contribution is -0.745. The van der Waals surface area contributed by atoms with Crippen molar-refractivity contribution in [3.63, 3.8) is 0 Å². The summed E-state index contributed by atoms with van der Waals surface area (Å²) in [6.45, 7) is 1.88. The normalized spacial score (nSPS) is 18.5. The quantitative estimate of drug-likeness (QED) is 0.553. The van der Waals surface area contributed by atoms with Crippen molar-refractivity contribution in [1.29, 1.82) is 0 Å². The molecule has 0 bridgehead atoms. The molecule has 0 N–H and O–H groups in total. The predicted octanol–water partition coefficient (Wildman–Crippen LogP) is 2.40. The van der Waals surface area contributed by atoms with Crippen molar-refractivity contribution in [2.24, 2.45) is 0 Å². The summed E-state index contributed by atoms with van der Waals surface area (Å²) in [5, 5.41) is 10.5. The van der Waals surface area contributed by atoms with E-state index >= 15 is 0 Å². The van der Waals surface area contributed by atoms with Crippen molar-refractivity contribution < 1.29 is 14.7 Å². The largest absolute Gasteiger partial charge is 0.330 e. The number of nitrogens with zero attached hydrogens (tertiary/aromatic N) is 2. The fraction of sp³-hybridized carbons (Fsp3) is 0.333. The highest BCUT2D eigenvalue weighted by molar-refractivity contribution is 5.50. The monoisotopic (exact) mass is 209 g/mol. The minimum atomic E-state index is -0.534. The molecule has 0 spiro atoms. The highest BCUT2D eigenvalue weighted by Crippen LogP contribution is 2.39. The molecule has 1 heterocycles. The van der Waals surface area contributed by atoms with Gasteiger partial charge in [0.05, 0.1) is 21.5 Å². The van der Waals surface area contributed by atoms with Gasteiger partial charge in [-0.3, -0.25) is 10.1 Å². The average Bonchev–Trinajstić information content (AvgIpc) is 2.55. The summed E-state index contributed by atoms with van der Waals surface area (Å²) in [7, 11) is 0. The van der Waals surface area contributed by atoms with E-state index in [1.165, 1.54) is 12.1 Å². The minimum Gasteiger partial charge on any atom is -0.258 e. The Kier molecular flexibility index (Phi) is 2.11. The zero-order chi connectivity index (χ0) is 11.0. The zero-order valence-corrected chi connectivity index (χ0v) is 8.04. The first-order valence-electron chi connectivity index (χ1n) is 4.56. The summed E-state index contributed by atoms with van der Waals surface area (Å²) in [6, 6.07) is 4.18. The fourth-order valence-electron chi connectivity index (χ4n) is 1.60. The van der Waals surface area contributed by atoms with E-state index in [-0.39, 0.29) is 17.5 Å². The highest BCUT2D eigenvalue weighted by Gasteiger charge is 2.40. The maximum Gasteiger partial charge on any atom is 0.330 e. The van der Waals surface area contributed by atoms with Crippen LogP contribution in [0.3, 0.4) is 0 Å². The fourth-order valence-corrected chi connectivity index (χ4v) is 1.60. The van der Waals surface area contributed by atoms with Crippen LogP contribution in [0.1, 0.15) is 25.0 Å². The molecular weight excluding hydrogens is 200 g/mol. The Morgan fingerprint density at radius 3 is 2.93 bits per heavy atom. The summed E-state index contributed by atoms with van der Waals surface area (Å²) < 4.78 is 0. The standard InChI is InChI=1S/C9H9N2O4/c1-2-9-7-4-3-6(10(12)13)5-8(7)11(14)15-9/h3-5,9H,2H2,1H3/q+1. The SMILES string of the molecule is CCC1O[N+](=O)c2cc([N+](=O)[O-])ccc21. The molecular formula is C9H9N2O4+. The number of fused-ring (bicyclic) bond motifs is 1. The number of non-ortho nitro benzene ring substituents is 1. The lowest BCUT2D eigenvalue weighted by atomic mass is 10.1. The van der Waals surface area contributed by atoms with Gasteiger partial charge < -0.3 is 0 Å². The van der Waals surface area contributed by atoms with Gasteiger partial charge in [-0.05, 0) is 12.5 Å². The van der Waals surface area contributed by atoms with Crippen LogP contribution in [0.25, 0.3) is 0 Å². The number of hydrogen-bond acceptors (Lipinski definition) is 4. The van der Waals surface area contributed by atoms with Crippen LogP contribution in [-0.4, -0.2) is 9.85 Å². The van der Waals surface area contributed by atoms with Gasteiger partial charge in [0.25, 0.3) is 10.6 Å². The number of nitro groups is 1. The number of benzene rings is 1. The molecule has 0 aliphatic carbocycles. The van der Waals surface area contributed by atoms with Crippen molar-refractivity contribution in [3.05, 3.63) is 38.8 Å². The van der Waals surface area contributed by atoms with Gasteiger partial charge in [-0.15, -0.1) is 0 Å². The van der Waals surface area contributed by atoms with Gasteiger partial charge >= 0.3 is 5.69 Å². The topological polar surface area (TPSA) is 72.5 Å². The third-order valence-electron chi connectivity index (χ3n) is 2.36. The van der Waals surface area contributed by atoms with Crippen LogP contribution in [0.4, 0.5) is 11.4 Å². The molecule has 1 aliphatic rings. The second-order valence-corrected chi connectivity index (χ2v) is 3.26. The van der Waals surface area contributed by atoms with E-state index in [4.69, 9.17) is 4.84 Å². The first-order valence-corrected chi connectivity index (χ1v) is 4.56. The summed E-state index contributed by atoms with van der Waals surface area (Å²) in [5.41, 5.74) is 0.837. The van der Waals surface area contributed by atoms with Gasteiger partial charge in [-0.25, -0.2) is 4.84 Å². The summed E-state index contributed by atoms with van der Waals surface area (Å²) in [6.07, 6.45) is 0.363. The van der Waals surface area contributed by atoms with Crippen molar-refractivity contribution in [1.82, 2.24) is 0 Å². The van der Waals surface area contributed by atoms with Crippen LogP contribution in [0.2, 0.25) is 0 Å². The molecule has 1 aromatic rings. The van der Waals surface area contributed by atoms with E-state index in [0.717, 1.165) is 0 Å². The van der Waals surface area contributed by atoms with Gasteiger partial charge in [0.15, 0.2) is 0 Å². The maximum absolute atomic E-state index is 11.3. The van der Waals surface area contributed by atoms with Crippen molar-refractivity contribution in [3.8, 4) is 0 Å². The Bertz CT molecular complexity index is 444. The third-order valence-corrected chi connectivity index (χ3v) is 2.36. The van der Waals surface area contributed by atoms with E-state index in [0.29, 0.717) is 16.9 Å². The lowest BCUT2D eigenvalue weighted by Crippen LogP contribution is -1.96. The molecule has 78 valence electrons. The molecule has 0 fully saturated rings. The van der Waals surface area contributed by atoms with Crippen LogP contribution in [0, 0.1) is 15.0 Å². The summed E-state index contributed by atoms with van der Waals surface area (Å²) in [4.78, 5) is 26.6. The summed E-state index contributed by atoms with van der Waals surface area (Å²) in [5.74, 6) is 0. The first-order chi connectivity index (χ1) is 7.13. The molecule has 1 unspecified atom stereocenters. The number of hydrogen-bond donors (Lipinski definition) is 0. The molecule has 0 aromatic heterocycles. The number of nitro benzene ring substituents is 1. The molecule has 1 aromatic carbocycles. The van der Waals surface area contributed by atoms with Crippen molar-refractivity contribution in [2.75, 3.05) is 0 Å². The molecule has 0 saturated carbocycles. The van der Waals surface area contributed by atoms with E-state index in [1.807, 2.05) is 6.92 Å². The van der Waals surface area contributed by atoms with E-state index < -0.39 is 4.92 Å². The molecule has 6 heteroatoms. The van der Waals surface area contributed by atoms with E-state index in [9.17, 15) is 15.0 Å². The smallest absolute Gasteiger partial charge is 0.258 e. The highest BCUT2D eigenvalue weighted by atomic mass is 16.8. The Morgan fingerprint density at radius 1 is 1.60 bits per heavy atom. The van der Waals surface area contributed by atoms with E-state index in [1.54, 1.807) is 6.07 Å². The van der Waals surface area contributed by atoms with Crippen LogP contribution < -0.4 is 0 Å². The third kappa shape index (κ3) is 1.43. The second kappa shape index (κ2) is 3.30. The van der Waals surface area contributed by atoms with Gasteiger partial charge in [0.2, 0.25) is 6.10 Å². The lowest BCUT2D eigenvalue weighted by Gasteiger charge is -1.97. The molecule has 1 atom stereocenters. The molecule has 15 heavy (non-hydrogen) atoms. The molecule has 6 nitrogen and oxygen atoms in total. The van der Waals surface area contributed by atoms with Gasteiger partial charge in [0.1, 0.15) is 0 Å². The molecule has 0 saturated heterocycles. The molecule has 0 amide bonds. The first kappa shape index (κ1) is 9.57. The van der Waals surface area contributed by atoms with E-state index in [2.05, 4.69) is 0 Å². The average molecular weight is 209 g/mol. The zero-order valence-electron chi connectivity index (χ0n) is 8.04. The van der Waals surface area contributed by atoms with Crippen LogP contribution in [-0.2, 0) is 4.84 Å². The van der Waals surface area contributed by atoms with Gasteiger partial charge in [0, 0.05) is 6.07 Å². The Morgan fingerprint density at radius 2 is 2.33 bits per heavy atom. The van der Waals surface area contributed by atoms with Crippen molar-refractivity contribution in [2.45, 2.75) is 19.4 Å². The molecule has 1 aliphatic heterocycles. The Labute approximate surface area is 85.1 Å². The Balaban J connectivity index is 2.50.